The lowest BCUT2D eigenvalue weighted by Crippen LogP contribution is -2.19. The van der Waals surface area contributed by atoms with Crippen molar-refractivity contribution < 1.29 is 9.90 Å². The first-order valence-corrected chi connectivity index (χ1v) is 5.54. The second kappa shape index (κ2) is 4.47. The van der Waals surface area contributed by atoms with E-state index in [1.54, 1.807) is 0 Å². The van der Waals surface area contributed by atoms with E-state index in [-0.39, 0.29) is 5.92 Å². The predicted octanol–water partition coefficient (Wildman–Crippen LogP) is 2.73. The number of carboxylic acid groups (broad SMARTS) is 1. The van der Waals surface area contributed by atoms with Gasteiger partial charge in [-0.05, 0) is 30.7 Å². The Hall–Kier alpha value is -1.31. The standard InChI is InChI=1S/C13H16O2/c14-13(15)12-8-4-7-11(12)9-10-5-2-1-3-6-10/h1-3,5-6,11-12H,4,7-9H2,(H,14,15)/t11-,12+/m1/s1. The highest BCUT2D eigenvalue weighted by Crippen LogP contribution is 2.34. The molecular weight excluding hydrogens is 188 g/mol. The molecule has 0 unspecified atom stereocenters. The highest BCUT2D eigenvalue weighted by atomic mass is 16.4. The second-order valence-electron chi connectivity index (χ2n) is 4.33. The van der Waals surface area contributed by atoms with Gasteiger partial charge in [0.25, 0.3) is 0 Å². The zero-order chi connectivity index (χ0) is 10.7. The van der Waals surface area contributed by atoms with Gasteiger partial charge in [-0.1, -0.05) is 36.8 Å². The monoisotopic (exact) mass is 204 g/mol. The average Bonchev–Trinajstić information content (AvgIpc) is 2.67. The van der Waals surface area contributed by atoms with Crippen molar-refractivity contribution in [1.82, 2.24) is 0 Å². The van der Waals surface area contributed by atoms with Gasteiger partial charge >= 0.3 is 5.97 Å². The van der Waals surface area contributed by atoms with Crippen molar-refractivity contribution >= 4 is 5.97 Å². The van der Waals surface area contributed by atoms with Crippen LogP contribution in [0, 0.1) is 11.8 Å². The van der Waals surface area contributed by atoms with Crippen LogP contribution in [0.1, 0.15) is 24.8 Å². The van der Waals surface area contributed by atoms with E-state index in [9.17, 15) is 4.79 Å². The average molecular weight is 204 g/mol. The van der Waals surface area contributed by atoms with Crippen molar-refractivity contribution in [2.75, 3.05) is 0 Å². The van der Waals surface area contributed by atoms with Crippen LogP contribution in [0.3, 0.4) is 0 Å². The van der Waals surface area contributed by atoms with Gasteiger partial charge in [0, 0.05) is 0 Å². The third-order valence-corrected chi connectivity index (χ3v) is 3.32. The van der Waals surface area contributed by atoms with E-state index in [0.29, 0.717) is 5.92 Å². The van der Waals surface area contributed by atoms with Crippen LogP contribution in [-0.2, 0) is 11.2 Å². The van der Waals surface area contributed by atoms with Gasteiger partial charge in [0.05, 0.1) is 5.92 Å². The molecule has 15 heavy (non-hydrogen) atoms. The molecule has 0 amide bonds. The predicted molar refractivity (Wildman–Crippen MR) is 58.6 cm³/mol. The molecule has 1 aromatic rings. The summed E-state index contributed by atoms with van der Waals surface area (Å²) in [5.74, 6) is -0.400. The lowest BCUT2D eigenvalue weighted by atomic mass is 9.90. The summed E-state index contributed by atoms with van der Waals surface area (Å²) in [6, 6.07) is 10.2. The Morgan fingerprint density at radius 2 is 2.00 bits per heavy atom. The Kier molecular flexibility index (Phi) is 3.05. The van der Waals surface area contributed by atoms with Gasteiger partial charge < -0.3 is 5.11 Å². The van der Waals surface area contributed by atoms with Crippen molar-refractivity contribution in [3.63, 3.8) is 0 Å². The smallest absolute Gasteiger partial charge is 0.306 e. The molecule has 0 radical (unpaired) electrons. The van der Waals surface area contributed by atoms with Crippen LogP contribution in [0.15, 0.2) is 30.3 Å². The molecule has 1 N–H and O–H groups in total. The maximum Gasteiger partial charge on any atom is 0.306 e. The van der Waals surface area contributed by atoms with Crippen molar-refractivity contribution in [3.05, 3.63) is 35.9 Å². The quantitative estimate of drug-likeness (QED) is 0.822. The molecule has 1 saturated carbocycles. The minimum Gasteiger partial charge on any atom is -0.481 e. The lowest BCUT2D eigenvalue weighted by molar-refractivity contribution is -0.142. The minimum absolute atomic E-state index is 0.120. The van der Waals surface area contributed by atoms with E-state index in [2.05, 4.69) is 12.1 Å². The Bertz CT molecular complexity index is 332. The van der Waals surface area contributed by atoms with Gasteiger partial charge in [-0.15, -0.1) is 0 Å². The van der Waals surface area contributed by atoms with Gasteiger partial charge in [-0.25, -0.2) is 0 Å². The largest absolute Gasteiger partial charge is 0.481 e. The van der Waals surface area contributed by atoms with Crippen LogP contribution >= 0.6 is 0 Å². The normalized spacial score (nSPS) is 25.3. The lowest BCUT2D eigenvalue weighted by Gasteiger charge is -2.15. The van der Waals surface area contributed by atoms with Crippen LogP contribution in [0.25, 0.3) is 0 Å². The highest BCUT2D eigenvalue weighted by molar-refractivity contribution is 5.70. The number of rotatable bonds is 3. The summed E-state index contributed by atoms with van der Waals surface area (Å²) in [5, 5.41) is 9.06. The van der Waals surface area contributed by atoms with Crippen molar-refractivity contribution in [1.29, 1.82) is 0 Å². The first-order chi connectivity index (χ1) is 7.27. The number of hydrogen-bond acceptors (Lipinski definition) is 1. The maximum atomic E-state index is 11.0. The van der Waals surface area contributed by atoms with Gasteiger partial charge in [-0.3, -0.25) is 4.79 Å². The first-order valence-electron chi connectivity index (χ1n) is 5.54. The topological polar surface area (TPSA) is 37.3 Å². The molecule has 0 bridgehead atoms. The molecule has 2 rings (SSSR count). The van der Waals surface area contributed by atoms with Gasteiger partial charge in [0.15, 0.2) is 0 Å². The molecule has 1 fully saturated rings. The van der Waals surface area contributed by atoms with E-state index < -0.39 is 5.97 Å². The minimum atomic E-state index is -0.617. The van der Waals surface area contributed by atoms with Crippen molar-refractivity contribution in [3.8, 4) is 0 Å². The summed E-state index contributed by atoms with van der Waals surface area (Å²) in [4.78, 5) is 11.0. The summed E-state index contributed by atoms with van der Waals surface area (Å²) in [6.45, 7) is 0. The Morgan fingerprint density at radius 3 is 2.67 bits per heavy atom. The second-order valence-corrected chi connectivity index (χ2v) is 4.33. The summed E-state index contributed by atoms with van der Waals surface area (Å²) >= 11 is 0. The summed E-state index contributed by atoms with van der Waals surface area (Å²) in [5.41, 5.74) is 1.26. The zero-order valence-electron chi connectivity index (χ0n) is 8.73. The van der Waals surface area contributed by atoms with E-state index in [0.717, 1.165) is 25.7 Å². The molecule has 1 aromatic carbocycles. The molecule has 2 atom stereocenters. The van der Waals surface area contributed by atoms with E-state index in [1.807, 2.05) is 18.2 Å². The summed E-state index contributed by atoms with van der Waals surface area (Å²) < 4.78 is 0. The third kappa shape index (κ3) is 2.38. The molecule has 0 saturated heterocycles. The van der Waals surface area contributed by atoms with Crippen LogP contribution in [0.2, 0.25) is 0 Å². The number of aliphatic carboxylic acids is 1. The van der Waals surface area contributed by atoms with E-state index in [4.69, 9.17) is 5.11 Å². The molecule has 0 heterocycles. The molecule has 2 nitrogen and oxygen atoms in total. The molecule has 80 valence electrons. The highest BCUT2D eigenvalue weighted by Gasteiger charge is 2.32. The fourth-order valence-corrected chi connectivity index (χ4v) is 2.52. The molecule has 0 aromatic heterocycles. The van der Waals surface area contributed by atoms with Crippen molar-refractivity contribution in [2.45, 2.75) is 25.7 Å². The molecular formula is C13H16O2. The maximum absolute atomic E-state index is 11.0. The molecule has 0 aliphatic heterocycles. The SMILES string of the molecule is O=C(O)[C@H]1CCC[C@@H]1Cc1ccccc1. The number of hydrogen-bond donors (Lipinski definition) is 1. The van der Waals surface area contributed by atoms with Crippen LogP contribution in [-0.4, -0.2) is 11.1 Å². The molecule has 0 spiro atoms. The summed E-state index contributed by atoms with van der Waals surface area (Å²) in [7, 11) is 0. The summed E-state index contributed by atoms with van der Waals surface area (Å²) in [6.07, 6.45) is 3.89. The number of carbonyl (C=O) groups is 1. The Balaban J connectivity index is 2.03. The van der Waals surface area contributed by atoms with Gasteiger partial charge in [0.2, 0.25) is 0 Å². The molecule has 2 heteroatoms. The third-order valence-electron chi connectivity index (χ3n) is 3.32. The molecule has 1 aliphatic rings. The first kappa shape index (κ1) is 10.2. The van der Waals surface area contributed by atoms with Gasteiger partial charge in [0.1, 0.15) is 0 Å². The number of benzene rings is 1. The van der Waals surface area contributed by atoms with Crippen LogP contribution < -0.4 is 0 Å². The molecule has 1 aliphatic carbocycles. The Morgan fingerprint density at radius 1 is 1.27 bits per heavy atom. The number of carboxylic acids is 1. The van der Waals surface area contributed by atoms with E-state index in [1.165, 1.54) is 5.56 Å². The van der Waals surface area contributed by atoms with Crippen LogP contribution in [0.4, 0.5) is 0 Å². The van der Waals surface area contributed by atoms with Gasteiger partial charge in [-0.2, -0.15) is 0 Å². The Labute approximate surface area is 89.9 Å². The fourth-order valence-electron chi connectivity index (χ4n) is 2.52. The fraction of sp³-hybridized carbons (Fsp3) is 0.462. The van der Waals surface area contributed by atoms with E-state index >= 15 is 0 Å². The van der Waals surface area contributed by atoms with Crippen LogP contribution in [0.5, 0.6) is 0 Å². The van der Waals surface area contributed by atoms with Crippen molar-refractivity contribution in [2.24, 2.45) is 11.8 Å². The zero-order valence-corrected chi connectivity index (χ0v) is 8.73.